The maximum Gasteiger partial charge on any atom is 0.340 e. The molecule has 0 N–H and O–H groups in total. The highest BCUT2D eigenvalue weighted by Gasteiger charge is 2.25. The molecule has 5 nitrogen and oxygen atoms in total. The van der Waals surface area contributed by atoms with Gasteiger partial charge in [0.2, 0.25) is 0 Å². The lowest BCUT2D eigenvalue weighted by Gasteiger charge is -2.04. The fourth-order valence-electron chi connectivity index (χ4n) is 3.26. The number of fused-ring (bicyclic) bond motifs is 3. The van der Waals surface area contributed by atoms with E-state index in [-0.39, 0.29) is 12.6 Å². The summed E-state index contributed by atoms with van der Waals surface area (Å²) < 4.78 is 12.7. The molecule has 1 aromatic carbocycles. The zero-order valence-electron chi connectivity index (χ0n) is 14.0. The molecule has 0 bridgehead atoms. The summed E-state index contributed by atoms with van der Waals surface area (Å²) in [5.41, 5.74) is 3.57. The second kappa shape index (κ2) is 6.14. The van der Waals surface area contributed by atoms with Crippen LogP contribution in [0.4, 0.5) is 0 Å². The Morgan fingerprint density at radius 2 is 2.12 bits per heavy atom. The van der Waals surface area contributed by atoms with E-state index < -0.39 is 0 Å². The summed E-state index contributed by atoms with van der Waals surface area (Å²) in [4.78, 5) is 12.5. The predicted octanol–water partition coefficient (Wildman–Crippen LogP) is 4.05. The van der Waals surface area contributed by atoms with Crippen molar-refractivity contribution in [2.75, 3.05) is 13.2 Å². The van der Waals surface area contributed by atoms with E-state index in [0.717, 1.165) is 16.4 Å². The Labute approximate surface area is 145 Å². The largest absolute Gasteiger partial charge is 0.479 e. The number of carbonyl (C=O) groups is 1. The zero-order valence-corrected chi connectivity index (χ0v) is 14.0. The van der Waals surface area contributed by atoms with Gasteiger partial charge in [-0.15, -0.1) is 0 Å². The van der Waals surface area contributed by atoms with E-state index in [1.165, 1.54) is 18.4 Å². The van der Waals surface area contributed by atoms with Crippen molar-refractivity contribution in [3.63, 3.8) is 0 Å². The lowest BCUT2D eigenvalue weighted by Crippen LogP contribution is -2.04. The van der Waals surface area contributed by atoms with Crippen LogP contribution in [-0.4, -0.2) is 23.6 Å². The lowest BCUT2D eigenvalue weighted by atomic mass is 10.1. The van der Waals surface area contributed by atoms with Crippen molar-refractivity contribution in [3.05, 3.63) is 47.7 Å². The molecule has 0 spiro atoms. The van der Waals surface area contributed by atoms with E-state index in [9.17, 15) is 4.79 Å². The third-order valence-corrected chi connectivity index (χ3v) is 4.56. The molecular weight excluding hydrogens is 316 g/mol. The van der Waals surface area contributed by atoms with Crippen LogP contribution >= 0.6 is 0 Å². The molecule has 0 amide bonds. The summed E-state index contributed by atoms with van der Waals surface area (Å²) in [5.74, 6) is 0.909. The number of hydrogen-bond donors (Lipinski definition) is 0. The van der Waals surface area contributed by atoms with Crippen molar-refractivity contribution in [1.29, 1.82) is 5.26 Å². The van der Waals surface area contributed by atoms with E-state index in [1.807, 2.05) is 28.7 Å². The van der Waals surface area contributed by atoms with Gasteiger partial charge in [0.1, 0.15) is 11.8 Å². The number of esters is 1. The summed E-state index contributed by atoms with van der Waals surface area (Å²) in [6, 6.07) is 11.6. The summed E-state index contributed by atoms with van der Waals surface area (Å²) in [5, 5.41) is 9.54. The molecule has 5 heteroatoms. The first kappa shape index (κ1) is 15.5. The first-order chi connectivity index (χ1) is 12.2. The second-order valence-corrected chi connectivity index (χ2v) is 6.21. The standard InChI is InChI=1S/C20H18N2O3/c1-2-24-20(23)19-16-7-6-15(25-10-9-21)11-18(16)22-12-14(13-3-4-13)5-8-17(19)22/h5-8,11-13H,2-4,10H2,1H3. The molecule has 0 atom stereocenters. The van der Waals surface area contributed by atoms with Gasteiger partial charge in [0.15, 0.2) is 6.61 Å². The fourth-order valence-corrected chi connectivity index (χ4v) is 3.26. The van der Waals surface area contributed by atoms with Gasteiger partial charge in [-0.05, 0) is 49.4 Å². The highest BCUT2D eigenvalue weighted by molar-refractivity contribution is 6.12. The number of nitrogens with zero attached hydrogens (tertiary/aromatic N) is 2. The van der Waals surface area contributed by atoms with Crippen molar-refractivity contribution >= 4 is 22.4 Å². The first-order valence-electron chi connectivity index (χ1n) is 8.47. The average molecular weight is 334 g/mol. The number of nitriles is 1. The van der Waals surface area contributed by atoms with Gasteiger partial charge in [0, 0.05) is 17.6 Å². The average Bonchev–Trinajstić information content (AvgIpc) is 3.42. The minimum atomic E-state index is -0.320. The third-order valence-electron chi connectivity index (χ3n) is 4.56. The predicted molar refractivity (Wildman–Crippen MR) is 93.9 cm³/mol. The quantitative estimate of drug-likeness (QED) is 0.660. The molecule has 0 saturated heterocycles. The first-order valence-corrected chi connectivity index (χ1v) is 8.47. The molecule has 3 aromatic rings. The monoisotopic (exact) mass is 334 g/mol. The van der Waals surface area contributed by atoms with Crippen LogP contribution in [0.2, 0.25) is 0 Å². The minimum Gasteiger partial charge on any atom is -0.479 e. The second-order valence-electron chi connectivity index (χ2n) is 6.21. The van der Waals surface area contributed by atoms with Crippen molar-refractivity contribution in [3.8, 4) is 11.8 Å². The molecule has 1 aliphatic rings. The molecule has 0 unspecified atom stereocenters. The van der Waals surface area contributed by atoms with E-state index in [1.54, 1.807) is 13.0 Å². The summed E-state index contributed by atoms with van der Waals surface area (Å²) in [6.45, 7) is 2.13. The number of rotatable bonds is 5. The van der Waals surface area contributed by atoms with Gasteiger partial charge in [0.05, 0.1) is 23.2 Å². The topological polar surface area (TPSA) is 63.7 Å². The number of hydrogen-bond acceptors (Lipinski definition) is 4. The SMILES string of the molecule is CCOC(=O)c1c2ccc(OCC#N)cc2n2cc(C3CC3)ccc12. The minimum absolute atomic E-state index is 0.00707. The van der Waals surface area contributed by atoms with Crippen LogP contribution in [0.3, 0.4) is 0 Å². The Morgan fingerprint density at radius 3 is 2.84 bits per heavy atom. The molecule has 126 valence electrons. The van der Waals surface area contributed by atoms with Gasteiger partial charge in [-0.3, -0.25) is 0 Å². The molecule has 1 fully saturated rings. The zero-order chi connectivity index (χ0) is 17.4. The van der Waals surface area contributed by atoms with Crippen LogP contribution in [-0.2, 0) is 4.74 Å². The van der Waals surface area contributed by atoms with E-state index in [2.05, 4.69) is 12.3 Å². The maximum atomic E-state index is 12.5. The Kier molecular flexibility index (Phi) is 3.81. The molecule has 0 radical (unpaired) electrons. The molecule has 25 heavy (non-hydrogen) atoms. The molecule has 2 heterocycles. The summed E-state index contributed by atoms with van der Waals surface area (Å²) >= 11 is 0. The van der Waals surface area contributed by atoms with Gasteiger partial charge < -0.3 is 13.9 Å². The smallest absolute Gasteiger partial charge is 0.340 e. The molecule has 0 aliphatic heterocycles. The van der Waals surface area contributed by atoms with Crippen LogP contribution in [0.25, 0.3) is 16.4 Å². The van der Waals surface area contributed by atoms with Crippen molar-refractivity contribution in [1.82, 2.24) is 4.40 Å². The van der Waals surface area contributed by atoms with Crippen LogP contribution in [0.1, 0.15) is 41.6 Å². The Balaban J connectivity index is 1.95. The van der Waals surface area contributed by atoms with E-state index in [4.69, 9.17) is 14.7 Å². The number of aromatic nitrogens is 1. The molecule has 1 saturated carbocycles. The maximum absolute atomic E-state index is 12.5. The van der Waals surface area contributed by atoms with Gasteiger partial charge >= 0.3 is 5.97 Å². The van der Waals surface area contributed by atoms with Crippen LogP contribution in [0, 0.1) is 11.3 Å². The Hall–Kier alpha value is -3.00. The van der Waals surface area contributed by atoms with Crippen LogP contribution in [0.5, 0.6) is 5.75 Å². The lowest BCUT2D eigenvalue weighted by molar-refractivity contribution is 0.0531. The van der Waals surface area contributed by atoms with Crippen LogP contribution < -0.4 is 4.74 Å². The molecule has 1 aliphatic carbocycles. The van der Waals surface area contributed by atoms with Crippen molar-refractivity contribution in [2.24, 2.45) is 0 Å². The number of carbonyl (C=O) groups excluding carboxylic acids is 1. The molecular formula is C20H18N2O3. The molecule has 4 rings (SSSR count). The van der Waals surface area contributed by atoms with E-state index in [0.29, 0.717) is 23.8 Å². The van der Waals surface area contributed by atoms with E-state index >= 15 is 0 Å². The van der Waals surface area contributed by atoms with Crippen LogP contribution in [0.15, 0.2) is 36.5 Å². The number of benzene rings is 1. The number of ether oxygens (including phenoxy) is 2. The highest BCUT2D eigenvalue weighted by Crippen LogP contribution is 2.41. The van der Waals surface area contributed by atoms with Gasteiger partial charge in [0.25, 0.3) is 0 Å². The van der Waals surface area contributed by atoms with Gasteiger partial charge in [-0.2, -0.15) is 5.26 Å². The Bertz CT molecular complexity index is 1010. The number of pyridine rings is 1. The highest BCUT2D eigenvalue weighted by atomic mass is 16.5. The fraction of sp³-hybridized carbons (Fsp3) is 0.300. The summed E-state index contributed by atoms with van der Waals surface area (Å²) in [6.07, 6.45) is 4.53. The Morgan fingerprint density at radius 1 is 1.28 bits per heavy atom. The van der Waals surface area contributed by atoms with Gasteiger partial charge in [-0.25, -0.2) is 4.79 Å². The normalized spacial score (nSPS) is 13.8. The van der Waals surface area contributed by atoms with Crippen molar-refractivity contribution in [2.45, 2.75) is 25.7 Å². The van der Waals surface area contributed by atoms with Gasteiger partial charge in [-0.1, -0.05) is 6.07 Å². The molecule has 2 aromatic heterocycles. The summed E-state index contributed by atoms with van der Waals surface area (Å²) in [7, 11) is 0. The van der Waals surface area contributed by atoms with Crippen molar-refractivity contribution < 1.29 is 14.3 Å². The third kappa shape index (κ3) is 2.70.